The Bertz CT molecular complexity index is 524. The number of Topliss-reactive ketones (excluding diaryl/α,β-unsaturated/α-hetero) is 2. The predicted molar refractivity (Wildman–Crippen MR) is 119 cm³/mol. The Morgan fingerprint density at radius 1 is 0.885 bits per heavy atom. The molecule has 26 heavy (non-hydrogen) atoms. The molecular formula is C22H41IO3. The van der Waals surface area contributed by atoms with Gasteiger partial charge in [-0.15, -0.1) is 0 Å². The molecule has 0 aliphatic heterocycles. The molecule has 0 N–H and O–H groups in total. The largest absolute Gasteiger partial charge is 0.357 e. The normalized spacial score (nSPS) is 19.4. The van der Waals surface area contributed by atoms with Gasteiger partial charge >= 0.3 is 0 Å². The topological polar surface area (TPSA) is 43.4 Å². The van der Waals surface area contributed by atoms with Crippen molar-refractivity contribution in [2.75, 3.05) is 0 Å². The van der Waals surface area contributed by atoms with E-state index < -0.39 is 22.5 Å². The fourth-order valence-electron chi connectivity index (χ4n) is 3.08. The van der Waals surface area contributed by atoms with Crippen LogP contribution in [0.15, 0.2) is 0 Å². The molecule has 0 aromatic carbocycles. The Kier molecular flexibility index (Phi) is 8.19. The van der Waals surface area contributed by atoms with E-state index in [2.05, 4.69) is 57.2 Å². The van der Waals surface area contributed by atoms with E-state index in [1.807, 2.05) is 41.5 Å². The molecule has 0 bridgehead atoms. The molecule has 0 spiro atoms. The van der Waals surface area contributed by atoms with Gasteiger partial charge < -0.3 is 4.74 Å². The van der Waals surface area contributed by atoms with E-state index in [0.717, 1.165) is 6.42 Å². The van der Waals surface area contributed by atoms with Crippen LogP contribution in [0.3, 0.4) is 0 Å². The highest BCUT2D eigenvalue weighted by molar-refractivity contribution is 14.1. The summed E-state index contributed by atoms with van der Waals surface area (Å²) in [5, 5.41) is 0. The summed E-state index contributed by atoms with van der Waals surface area (Å²) in [4.78, 5) is 26.7. The average Bonchev–Trinajstić information content (AvgIpc) is 2.49. The first kappa shape index (κ1) is 26.0. The molecule has 3 unspecified atom stereocenters. The maximum Gasteiger partial charge on any atom is 0.170 e. The Morgan fingerprint density at radius 3 is 1.58 bits per heavy atom. The molecule has 0 fully saturated rings. The van der Waals surface area contributed by atoms with Crippen molar-refractivity contribution >= 4 is 34.2 Å². The molecule has 3 nitrogen and oxygen atoms in total. The second-order valence-corrected chi connectivity index (χ2v) is 12.8. The van der Waals surface area contributed by atoms with Crippen LogP contribution < -0.4 is 0 Å². The van der Waals surface area contributed by atoms with Crippen LogP contribution >= 0.6 is 22.6 Å². The van der Waals surface area contributed by atoms with Gasteiger partial charge in [0.25, 0.3) is 0 Å². The molecule has 0 radical (unpaired) electrons. The molecule has 0 saturated carbocycles. The SMILES string of the molecule is CCC(C)(OC(C)C(=O)C(C)(CC)C(C)(C)I)C(=O)C(C)(C)C(C)(C)C. The van der Waals surface area contributed by atoms with Crippen LogP contribution in [0.4, 0.5) is 0 Å². The third-order valence-electron chi connectivity index (χ3n) is 6.97. The summed E-state index contributed by atoms with van der Waals surface area (Å²) in [7, 11) is 0. The van der Waals surface area contributed by atoms with Gasteiger partial charge in [0, 0.05) is 14.3 Å². The Labute approximate surface area is 175 Å². The molecule has 3 atom stereocenters. The second-order valence-electron chi connectivity index (χ2n) is 10.1. The maximum absolute atomic E-state index is 13.4. The molecule has 0 amide bonds. The van der Waals surface area contributed by atoms with Gasteiger partial charge in [-0.05, 0) is 46.0 Å². The van der Waals surface area contributed by atoms with Gasteiger partial charge in [0.2, 0.25) is 0 Å². The van der Waals surface area contributed by atoms with E-state index in [9.17, 15) is 9.59 Å². The number of ether oxygens (including phenoxy) is 1. The Balaban J connectivity index is 5.77. The summed E-state index contributed by atoms with van der Waals surface area (Å²) in [5.41, 5.74) is -2.24. The van der Waals surface area contributed by atoms with Crippen molar-refractivity contribution in [3.63, 3.8) is 0 Å². The van der Waals surface area contributed by atoms with Gasteiger partial charge in [0.1, 0.15) is 11.7 Å². The number of ketones is 2. The summed E-state index contributed by atoms with van der Waals surface area (Å²) in [6, 6.07) is 0. The third kappa shape index (κ3) is 4.89. The van der Waals surface area contributed by atoms with E-state index >= 15 is 0 Å². The van der Waals surface area contributed by atoms with Crippen molar-refractivity contribution in [2.45, 2.75) is 111 Å². The van der Waals surface area contributed by atoms with Crippen LogP contribution in [0.2, 0.25) is 0 Å². The van der Waals surface area contributed by atoms with Crippen LogP contribution in [0.25, 0.3) is 0 Å². The van der Waals surface area contributed by atoms with Crippen LogP contribution in [0, 0.1) is 16.2 Å². The van der Waals surface area contributed by atoms with Crippen molar-refractivity contribution in [2.24, 2.45) is 16.2 Å². The highest BCUT2D eigenvalue weighted by atomic mass is 127. The Morgan fingerprint density at radius 2 is 1.31 bits per heavy atom. The minimum atomic E-state index is -0.976. The summed E-state index contributed by atoms with van der Waals surface area (Å²) in [6.07, 6.45) is 0.651. The fraction of sp³-hybridized carbons (Fsp3) is 0.909. The minimum Gasteiger partial charge on any atom is -0.357 e. The standard InChI is InChI=1S/C22H41IO3/c1-13-21(11,20(9,10)23)16(24)15(3)26-22(12,14-2)17(25)19(7,8)18(4,5)6/h15H,13-14H2,1-12H3. The number of hydrogen-bond donors (Lipinski definition) is 0. The summed E-state index contributed by atoms with van der Waals surface area (Å²) in [5.74, 6) is 0.132. The molecule has 0 heterocycles. The molecule has 0 saturated heterocycles. The molecule has 0 aromatic heterocycles. The van der Waals surface area contributed by atoms with Gasteiger partial charge in [-0.25, -0.2) is 0 Å². The summed E-state index contributed by atoms with van der Waals surface area (Å²) in [6.45, 7) is 24.0. The zero-order valence-corrected chi connectivity index (χ0v) is 21.3. The monoisotopic (exact) mass is 480 g/mol. The van der Waals surface area contributed by atoms with E-state index in [4.69, 9.17) is 4.74 Å². The van der Waals surface area contributed by atoms with Crippen LogP contribution in [-0.4, -0.2) is 26.7 Å². The predicted octanol–water partition coefficient (Wildman–Crippen LogP) is 6.40. The molecule has 0 aliphatic rings. The van der Waals surface area contributed by atoms with Crippen molar-refractivity contribution < 1.29 is 14.3 Å². The molecule has 0 rings (SSSR count). The Hall–Kier alpha value is 0.0300. The van der Waals surface area contributed by atoms with Crippen LogP contribution in [-0.2, 0) is 14.3 Å². The quantitative estimate of drug-likeness (QED) is 0.283. The van der Waals surface area contributed by atoms with Crippen LogP contribution in [0.5, 0.6) is 0 Å². The lowest BCUT2D eigenvalue weighted by molar-refractivity contribution is -0.171. The number of carbonyl (C=O) groups is 2. The highest BCUT2D eigenvalue weighted by Crippen LogP contribution is 2.45. The van der Waals surface area contributed by atoms with E-state index in [1.54, 1.807) is 6.92 Å². The van der Waals surface area contributed by atoms with Crippen molar-refractivity contribution in [3.05, 3.63) is 0 Å². The van der Waals surface area contributed by atoms with Gasteiger partial charge in [0.05, 0.1) is 0 Å². The van der Waals surface area contributed by atoms with E-state index in [1.165, 1.54) is 0 Å². The lowest BCUT2D eigenvalue weighted by atomic mass is 9.63. The summed E-state index contributed by atoms with van der Waals surface area (Å²) < 4.78 is 6.03. The number of carbonyl (C=O) groups excluding carboxylic acids is 2. The van der Waals surface area contributed by atoms with E-state index in [-0.39, 0.29) is 20.4 Å². The van der Waals surface area contributed by atoms with Crippen LogP contribution in [0.1, 0.15) is 95.9 Å². The van der Waals surface area contributed by atoms with E-state index in [0.29, 0.717) is 6.42 Å². The minimum absolute atomic E-state index is 0.0617. The van der Waals surface area contributed by atoms with Gasteiger partial charge in [-0.2, -0.15) is 0 Å². The van der Waals surface area contributed by atoms with Gasteiger partial charge in [-0.3, -0.25) is 9.59 Å². The first-order valence-corrected chi connectivity index (χ1v) is 10.9. The zero-order chi connectivity index (χ0) is 21.4. The molecule has 154 valence electrons. The van der Waals surface area contributed by atoms with Gasteiger partial charge in [0.15, 0.2) is 11.6 Å². The fourth-order valence-corrected chi connectivity index (χ4v) is 3.73. The maximum atomic E-state index is 13.4. The third-order valence-corrected chi connectivity index (χ3v) is 8.16. The first-order valence-electron chi connectivity index (χ1n) is 9.77. The highest BCUT2D eigenvalue weighted by Gasteiger charge is 2.51. The average molecular weight is 480 g/mol. The van der Waals surface area contributed by atoms with Crippen molar-refractivity contribution in [3.8, 4) is 0 Å². The molecule has 0 aliphatic carbocycles. The summed E-state index contributed by atoms with van der Waals surface area (Å²) >= 11 is 2.34. The smallest absolute Gasteiger partial charge is 0.170 e. The van der Waals surface area contributed by atoms with Crippen molar-refractivity contribution in [1.82, 2.24) is 0 Å². The number of hydrogen-bond acceptors (Lipinski definition) is 3. The van der Waals surface area contributed by atoms with Crippen molar-refractivity contribution in [1.29, 1.82) is 0 Å². The lowest BCUT2D eigenvalue weighted by Crippen LogP contribution is -2.55. The molecular weight excluding hydrogens is 439 g/mol. The number of alkyl halides is 1. The molecule has 0 aromatic rings. The number of halogens is 1. The molecule has 4 heteroatoms. The zero-order valence-electron chi connectivity index (χ0n) is 19.1. The van der Waals surface area contributed by atoms with Gasteiger partial charge in [-0.1, -0.05) is 78.0 Å². The first-order chi connectivity index (χ1) is 11.3. The second kappa shape index (κ2) is 8.18. The lowest BCUT2D eigenvalue weighted by Gasteiger charge is -2.45. The number of rotatable bonds is 9.